The third-order valence-corrected chi connectivity index (χ3v) is 8.19. The first kappa shape index (κ1) is 25.1. The Hall–Kier alpha value is -2.96. The third-order valence-electron chi connectivity index (χ3n) is 5.65. The molecule has 2 aromatic heterocycles. The van der Waals surface area contributed by atoms with Gasteiger partial charge in [0.25, 0.3) is 5.56 Å². The van der Waals surface area contributed by atoms with Gasteiger partial charge in [0.15, 0.2) is 5.13 Å². The maximum Gasteiger partial charge on any atom is 0.370 e. The van der Waals surface area contributed by atoms with Crippen LogP contribution in [0.5, 0.6) is 0 Å². The van der Waals surface area contributed by atoms with Gasteiger partial charge >= 0.3 is 10.0 Å². The lowest BCUT2D eigenvalue weighted by Crippen LogP contribution is -2.42. The van der Waals surface area contributed by atoms with Crippen LogP contribution in [0.4, 0.5) is 15.2 Å². The summed E-state index contributed by atoms with van der Waals surface area (Å²) in [6.07, 6.45) is 2.06. The van der Waals surface area contributed by atoms with Crippen molar-refractivity contribution >= 4 is 49.7 Å². The average molecular weight is 541 g/mol. The summed E-state index contributed by atoms with van der Waals surface area (Å²) in [6, 6.07) is 6.34. The van der Waals surface area contributed by atoms with E-state index >= 15 is 0 Å². The summed E-state index contributed by atoms with van der Waals surface area (Å²) in [6.45, 7) is 1.42. The molecule has 186 valence electrons. The molecule has 1 aliphatic carbocycles. The SMILES string of the molecule is Cc1ccc(NS(=O)(=[OH+])Cc2ccc(F)cc2Cl)c(=O)n1CC(=O)NC1CCc2nc(N)sc2C1. The number of carbonyl (C=O) groups is 1. The van der Waals surface area contributed by atoms with Crippen molar-refractivity contribution in [1.29, 1.82) is 0 Å². The Bertz CT molecular complexity index is 1450. The van der Waals surface area contributed by atoms with Crippen molar-refractivity contribution in [3.05, 3.63) is 73.4 Å². The van der Waals surface area contributed by atoms with Crippen molar-refractivity contribution < 1.29 is 17.6 Å². The molecule has 2 unspecified atom stereocenters. The number of rotatable bonds is 7. The van der Waals surface area contributed by atoms with Crippen molar-refractivity contribution in [3.63, 3.8) is 0 Å². The normalized spacial score (nSPS) is 16.8. The fourth-order valence-electron chi connectivity index (χ4n) is 3.94. The molecule has 2 atom stereocenters. The molecule has 0 fully saturated rings. The number of nitrogens with one attached hydrogen (secondary N) is 2. The van der Waals surface area contributed by atoms with Crippen molar-refractivity contribution in [3.8, 4) is 0 Å². The second-order valence-corrected chi connectivity index (χ2v) is 11.6. The zero-order valence-corrected chi connectivity index (χ0v) is 21.1. The molecule has 0 saturated carbocycles. The number of benzene rings is 1. The van der Waals surface area contributed by atoms with Crippen LogP contribution >= 0.6 is 22.9 Å². The van der Waals surface area contributed by atoms with Crippen LogP contribution in [-0.4, -0.2) is 29.9 Å². The van der Waals surface area contributed by atoms with E-state index < -0.39 is 27.2 Å². The summed E-state index contributed by atoms with van der Waals surface area (Å²) in [5.41, 5.74) is 6.75. The number of carbonyl (C=O) groups excluding carboxylic acids is 1. The summed E-state index contributed by atoms with van der Waals surface area (Å²) in [7, 11) is -3.79. The number of hydrogen-bond donors (Lipinski definition) is 3. The molecule has 5 N–H and O–H groups in total. The number of nitrogen functional groups attached to an aromatic ring is 1. The Kier molecular flexibility index (Phi) is 7.15. The van der Waals surface area contributed by atoms with Crippen molar-refractivity contribution in [2.45, 2.75) is 44.5 Å². The molecule has 3 aromatic rings. The molecule has 0 spiro atoms. The van der Waals surface area contributed by atoms with E-state index in [4.69, 9.17) is 17.3 Å². The molecule has 2 heterocycles. The van der Waals surface area contributed by atoms with Gasteiger partial charge in [-0.05, 0) is 49.6 Å². The molecular formula is C22H24ClFN5O4S2+. The molecule has 1 amide bonds. The van der Waals surface area contributed by atoms with Gasteiger partial charge in [-0.3, -0.25) is 9.59 Å². The first-order chi connectivity index (χ1) is 16.5. The second kappa shape index (κ2) is 9.96. The molecule has 1 aliphatic rings. The van der Waals surface area contributed by atoms with E-state index in [9.17, 15) is 22.4 Å². The Labute approximate surface area is 210 Å². The summed E-state index contributed by atoms with van der Waals surface area (Å²) in [5, 5.41) is 3.46. The number of fused-ring (bicyclic) bond motifs is 1. The predicted octanol–water partition coefficient (Wildman–Crippen LogP) is 2.76. The highest BCUT2D eigenvalue weighted by Gasteiger charge is 2.25. The molecule has 35 heavy (non-hydrogen) atoms. The summed E-state index contributed by atoms with van der Waals surface area (Å²) in [4.78, 5) is 31.1. The van der Waals surface area contributed by atoms with Gasteiger partial charge in [-0.1, -0.05) is 17.7 Å². The van der Waals surface area contributed by atoms with Gasteiger partial charge in [0.2, 0.25) is 5.91 Å². The van der Waals surface area contributed by atoms with Crippen LogP contribution in [0, 0.1) is 12.7 Å². The lowest BCUT2D eigenvalue weighted by molar-refractivity contribution is -0.122. The largest absolute Gasteiger partial charge is 0.375 e. The number of halogens is 2. The van der Waals surface area contributed by atoms with Crippen molar-refractivity contribution in [2.24, 2.45) is 0 Å². The second-order valence-electron chi connectivity index (χ2n) is 8.33. The molecule has 9 nitrogen and oxygen atoms in total. The van der Waals surface area contributed by atoms with E-state index in [1.54, 1.807) is 13.0 Å². The lowest BCUT2D eigenvalue weighted by Gasteiger charge is -2.23. The highest BCUT2D eigenvalue weighted by atomic mass is 35.5. The minimum Gasteiger partial charge on any atom is -0.375 e. The third kappa shape index (κ3) is 6.00. The van der Waals surface area contributed by atoms with E-state index in [2.05, 4.69) is 15.0 Å². The number of anilines is 2. The van der Waals surface area contributed by atoms with Crippen molar-refractivity contribution in [1.82, 2.24) is 14.9 Å². The van der Waals surface area contributed by atoms with Crippen LogP contribution < -0.4 is 21.3 Å². The minimum absolute atomic E-state index is 0.00223. The maximum atomic E-state index is 13.3. The Morgan fingerprint density at radius 1 is 1.40 bits per heavy atom. The van der Waals surface area contributed by atoms with Gasteiger partial charge in [-0.25, -0.2) is 18.3 Å². The van der Waals surface area contributed by atoms with Crippen LogP contribution in [-0.2, 0) is 40.0 Å². The zero-order chi connectivity index (χ0) is 25.3. The van der Waals surface area contributed by atoms with E-state index in [1.807, 2.05) is 0 Å². The molecule has 1 aromatic carbocycles. The molecule has 0 saturated heterocycles. The van der Waals surface area contributed by atoms with Crippen LogP contribution in [0.3, 0.4) is 0 Å². The monoisotopic (exact) mass is 540 g/mol. The van der Waals surface area contributed by atoms with Gasteiger partial charge in [0.1, 0.15) is 23.8 Å². The number of amides is 1. The van der Waals surface area contributed by atoms with E-state index in [0.29, 0.717) is 17.2 Å². The minimum atomic E-state index is -3.79. The summed E-state index contributed by atoms with van der Waals surface area (Å²) >= 11 is 7.37. The Morgan fingerprint density at radius 2 is 2.17 bits per heavy atom. The lowest BCUT2D eigenvalue weighted by atomic mass is 9.98. The zero-order valence-electron chi connectivity index (χ0n) is 18.7. The number of nitrogens with zero attached hydrogens (tertiary/aromatic N) is 2. The fourth-order valence-corrected chi connectivity index (χ4v) is 6.45. The smallest absolute Gasteiger partial charge is 0.370 e. The number of hydrogen-bond acceptors (Lipinski definition) is 6. The highest BCUT2D eigenvalue weighted by molar-refractivity contribution is 7.92. The molecule has 0 bridgehead atoms. The fraction of sp³-hybridized carbons (Fsp3) is 0.318. The number of pyridine rings is 1. The molecule has 4 rings (SSSR count). The average Bonchev–Trinajstić information content (AvgIpc) is 3.14. The van der Waals surface area contributed by atoms with Gasteiger partial charge in [0, 0.05) is 28.1 Å². The van der Waals surface area contributed by atoms with Crippen LogP contribution in [0.2, 0.25) is 5.02 Å². The Balaban J connectivity index is 1.45. The number of nitrogens with two attached hydrogens (primary N) is 1. The molecular weight excluding hydrogens is 517 g/mol. The van der Waals surface area contributed by atoms with Crippen LogP contribution in [0.15, 0.2) is 35.1 Å². The molecule has 0 aliphatic heterocycles. The topological polar surface area (TPSA) is 141 Å². The first-order valence-electron chi connectivity index (χ1n) is 10.7. The van der Waals surface area contributed by atoms with Gasteiger partial charge in [0.05, 0.1) is 5.69 Å². The van der Waals surface area contributed by atoms with Crippen molar-refractivity contribution in [2.75, 3.05) is 10.5 Å². The first-order valence-corrected chi connectivity index (χ1v) is 13.6. The van der Waals surface area contributed by atoms with Crippen LogP contribution in [0.1, 0.15) is 28.2 Å². The van der Waals surface area contributed by atoms with Gasteiger partial charge < -0.3 is 15.6 Å². The standard InChI is InChI=1S/C22H23ClFN5O4S2/c1-12-2-6-18(28-35(32,33)11-13-3-4-14(24)8-16(13)23)21(31)29(12)10-20(30)26-15-5-7-17-19(9-15)34-22(25)27-17/h2-4,6,8,15H,5,7,9-11H2,1H3,(H2,25,27)(H,26,30)(H,28,32,33)/p+1. The van der Waals surface area contributed by atoms with E-state index in [-0.39, 0.29) is 34.8 Å². The summed E-state index contributed by atoms with van der Waals surface area (Å²) in [5.74, 6) is -1.35. The number of aromatic nitrogens is 2. The number of aryl methyl sites for hydroxylation is 2. The quantitative estimate of drug-likeness (QED) is 0.395. The Morgan fingerprint density at radius 3 is 2.91 bits per heavy atom. The van der Waals surface area contributed by atoms with Crippen LogP contribution in [0.25, 0.3) is 0 Å². The van der Waals surface area contributed by atoms with E-state index in [0.717, 1.165) is 35.5 Å². The number of thiazole rings is 1. The van der Waals surface area contributed by atoms with Gasteiger partial charge in [-0.15, -0.1) is 11.3 Å². The van der Waals surface area contributed by atoms with Gasteiger partial charge in [-0.2, -0.15) is 4.21 Å². The summed E-state index contributed by atoms with van der Waals surface area (Å²) < 4.78 is 40.0. The predicted molar refractivity (Wildman–Crippen MR) is 135 cm³/mol. The highest BCUT2D eigenvalue weighted by Crippen LogP contribution is 2.28. The van der Waals surface area contributed by atoms with E-state index in [1.165, 1.54) is 28.0 Å². The molecule has 0 radical (unpaired) electrons. The molecule has 13 heteroatoms. The maximum absolute atomic E-state index is 13.3.